The van der Waals surface area contributed by atoms with Crippen LogP contribution in [0.3, 0.4) is 0 Å². The summed E-state index contributed by atoms with van der Waals surface area (Å²) in [6.45, 7) is 5.63. The molecule has 2 aromatic carbocycles. The lowest BCUT2D eigenvalue weighted by Crippen LogP contribution is -2.32. The van der Waals surface area contributed by atoms with Gasteiger partial charge in [0.1, 0.15) is 0 Å². The van der Waals surface area contributed by atoms with Crippen LogP contribution in [-0.4, -0.2) is 29.7 Å². The summed E-state index contributed by atoms with van der Waals surface area (Å²) in [5.41, 5.74) is 3.87. The summed E-state index contributed by atoms with van der Waals surface area (Å²) in [5.74, 6) is 0.0306. The molecule has 0 unspecified atom stereocenters. The normalized spacial score (nSPS) is 12.0. The number of hydrogen-bond acceptors (Lipinski definition) is 2. The van der Waals surface area contributed by atoms with Crippen molar-refractivity contribution in [3.05, 3.63) is 59.2 Å². The Kier molecular flexibility index (Phi) is 4.28. The van der Waals surface area contributed by atoms with Crippen LogP contribution in [0.5, 0.6) is 0 Å². The summed E-state index contributed by atoms with van der Waals surface area (Å²) in [4.78, 5) is 27.1. The van der Waals surface area contributed by atoms with Gasteiger partial charge in [0.15, 0.2) is 5.78 Å². The molecule has 0 aromatic heterocycles. The zero-order chi connectivity index (χ0) is 16.4. The maximum atomic E-state index is 12.7. The molecule has 0 radical (unpaired) electrons. The van der Waals surface area contributed by atoms with Gasteiger partial charge in [0, 0.05) is 29.8 Å². The van der Waals surface area contributed by atoms with Crippen molar-refractivity contribution in [3.63, 3.8) is 0 Å². The second kappa shape index (κ2) is 6.37. The van der Waals surface area contributed by atoms with Crippen molar-refractivity contribution in [2.75, 3.05) is 13.1 Å². The Morgan fingerprint density at radius 2 is 1.48 bits per heavy atom. The topological polar surface area (TPSA) is 37.4 Å². The van der Waals surface area contributed by atoms with Crippen LogP contribution < -0.4 is 0 Å². The van der Waals surface area contributed by atoms with Gasteiger partial charge in [0.2, 0.25) is 0 Å². The van der Waals surface area contributed by atoms with Crippen molar-refractivity contribution < 1.29 is 9.59 Å². The molecule has 0 fully saturated rings. The summed E-state index contributed by atoms with van der Waals surface area (Å²) in [6, 6.07) is 13.1. The van der Waals surface area contributed by atoms with Crippen LogP contribution in [0.25, 0.3) is 11.1 Å². The molecule has 3 nitrogen and oxygen atoms in total. The van der Waals surface area contributed by atoms with Crippen LogP contribution in [0, 0.1) is 0 Å². The SMILES string of the molecule is CCCN(CCC)C(=O)c1ccc2c(c1)C(=O)c1ccccc1-2. The van der Waals surface area contributed by atoms with Gasteiger partial charge in [-0.3, -0.25) is 9.59 Å². The molecule has 3 rings (SSSR count). The van der Waals surface area contributed by atoms with Crippen LogP contribution in [0.2, 0.25) is 0 Å². The summed E-state index contributed by atoms with van der Waals surface area (Å²) in [6.07, 6.45) is 1.86. The summed E-state index contributed by atoms with van der Waals surface area (Å²) < 4.78 is 0. The number of hydrogen-bond donors (Lipinski definition) is 0. The Balaban J connectivity index is 1.96. The van der Waals surface area contributed by atoms with Crippen LogP contribution in [0.4, 0.5) is 0 Å². The van der Waals surface area contributed by atoms with E-state index >= 15 is 0 Å². The highest BCUT2D eigenvalue weighted by atomic mass is 16.2. The fourth-order valence-corrected chi connectivity index (χ4v) is 3.20. The van der Waals surface area contributed by atoms with E-state index in [-0.39, 0.29) is 11.7 Å². The minimum absolute atomic E-state index is 0.0141. The van der Waals surface area contributed by atoms with E-state index in [4.69, 9.17) is 0 Å². The van der Waals surface area contributed by atoms with Crippen molar-refractivity contribution in [1.82, 2.24) is 4.90 Å². The molecule has 1 amide bonds. The quantitative estimate of drug-likeness (QED) is 0.710. The second-order valence-corrected chi connectivity index (χ2v) is 5.93. The molecular weight excluding hydrogens is 286 g/mol. The highest BCUT2D eigenvalue weighted by molar-refractivity contribution is 6.22. The van der Waals surface area contributed by atoms with E-state index in [0.717, 1.165) is 42.6 Å². The lowest BCUT2D eigenvalue weighted by Gasteiger charge is -2.21. The molecule has 118 valence electrons. The molecule has 0 atom stereocenters. The standard InChI is InChI=1S/C20H21NO2/c1-3-11-21(12-4-2)20(23)14-9-10-16-15-7-5-6-8-17(15)19(22)18(16)13-14/h5-10,13H,3-4,11-12H2,1-2H3. The molecule has 23 heavy (non-hydrogen) atoms. The van der Waals surface area contributed by atoms with Gasteiger partial charge in [-0.15, -0.1) is 0 Å². The maximum absolute atomic E-state index is 12.7. The molecule has 0 saturated heterocycles. The highest BCUT2D eigenvalue weighted by Crippen LogP contribution is 2.36. The number of ketones is 1. The number of nitrogens with zero attached hydrogens (tertiary/aromatic N) is 1. The van der Waals surface area contributed by atoms with E-state index in [2.05, 4.69) is 13.8 Å². The molecule has 1 aliphatic carbocycles. The van der Waals surface area contributed by atoms with E-state index in [0.29, 0.717) is 11.1 Å². The summed E-state index contributed by atoms with van der Waals surface area (Å²) >= 11 is 0. The Labute approximate surface area is 136 Å². The number of benzene rings is 2. The number of carbonyl (C=O) groups is 2. The van der Waals surface area contributed by atoms with Gasteiger partial charge in [0.25, 0.3) is 5.91 Å². The van der Waals surface area contributed by atoms with Crippen LogP contribution in [0.15, 0.2) is 42.5 Å². The van der Waals surface area contributed by atoms with Gasteiger partial charge in [-0.1, -0.05) is 44.2 Å². The summed E-state index contributed by atoms with van der Waals surface area (Å²) in [5, 5.41) is 0. The summed E-state index contributed by atoms with van der Waals surface area (Å²) in [7, 11) is 0. The highest BCUT2D eigenvalue weighted by Gasteiger charge is 2.27. The third-order valence-electron chi connectivity index (χ3n) is 4.25. The van der Waals surface area contributed by atoms with Gasteiger partial charge in [-0.05, 0) is 36.1 Å². The van der Waals surface area contributed by atoms with E-state index in [1.54, 1.807) is 6.07 Å². The van der Waals surface area contributed by atoms with Gasteiger partial charge in [0.05, 0.1) is 0 Å². The molecule has 0 aliphatic heterocycles. The van der Waals surface area contributed by atoms with Gasteiger partial charge in [-0.25, -0.2) is 0 Å². The van der Waals surface area contributed by atoms with Crippen molar-refractivity contribution in [3.8, 4) is 11.1 Å². The van der Waals surface area contributed by atoms with Crippen molar-refractivity contribution in [2.45, 2.75) is 26.7 Å². The average Bonchev–Trinajstić information content (AvgIpc) is 2.87. The van der Waals surface area contributed by atoms with Crippen LogP contribution in [0.1, 0.15) is 53.0 Å². The maximum Gasteiger partial charge on any atom is 0.253 e. The zero-order valence-electron chi connectivity index (χ0n) is 13.6. The zero-order valence-corrected chi connectivity index (χ0v) is 13.6. The molecule has 0 bridgehead atoms. The van der Waals surface area contributed by atoms with Crippen LogP contribution >= 0.6 is 0 Å². The minimum Gasteiger partial charge on any atom is -0.339 e. The first-order valence-corrected chi connectivity index (χ1v) is 8.24. The largest absolute Gasteiger partial charge is 0.339 e. The predicted octanol–water partition coefficient (Wildman–Crippen LogP) is 4.16. The third kappa shape index (κ3) is 2.67. The number of carbonyl (C=O) groups excluding carboxylic acids is 2. The van der Waals surface area contributed by atoms with E-state index < -0.39 is 0 Å². The molecule has 2 aromatic rings. The van der Waals surface area contributed by atoms with E-state index in [9.17, 15) is 9.59 Å². The number of amides is 1. The first kappa shape index (κ1) is 15.5. The first-order chi connectivity index (χ1) is 11.2. The van der Waals surface area contributed by atoms with Gasteiger partial charge < -0.3 is 4.90 Å². The van der Waals surface area contributed by atoms with Gasteiger partial charge >= 0.3 is 0 Å². The Bertz CT molecular complexity index is 758. The fourth-order valence-electron chi connectivity index (χ4n) is 3.20. The van der Waals surface area contributed by atoms with E-state index in [1.807, 2.05) is 41.3 Å². The van der Waals surface area contributed by atoms with Crippen LogP contribution in [-0.2, 0) is 0 Å². The monoisotopic (exact) mass is 307 g/mol. The Morgan fingerprint density at radius 1 is 0.870 bits per heavy atom. The predicted molar refractivity (Wildman–Crippen MR) is 91.8 cm³/mol. The molecule has 0 N–H and O–H groups in total. The molecular formula is C20H21NO2. The smallest absolute Gasteiger partial charge is 0.253 e. The number of rotatable bonds is 5. The Morgan fingerprint density at radius 3 is 2.13 bits per heavy atom. The molecule has 0 spiro atoms. The molecule has 3 heteroatoms. The fraction of sp³-hybridized carbons (Fsp3) is 0.300. The lowest BCUT2D eigenvalue weighted by molar-refractivity contribution is 0.0755. The first-order valence-electron chi connectivity index (χ1n) is 8.24. The van der Waals surface area contributed by atoms with E-state index in [1.165, 1.54) is 0 Å². The second-order valence-electron chi connectivity index (χ2n) is 5.93. The lowest BCUT2D eigenvalue weighted by atomic mass is 10.0. The Hall–Kier alpha value is -2.42. The minimum atomic E-state index is 0.0141. The number of fused-ring (bicyclic) bond motifs is 3. The molecule has 0 saturated carbocycles. The molecule has 1 aliphatic rings. The van der Waals surface area contributed by atoms with Gasteiger partial charge in [-0.2, -0.15) is 0 Å². The van der Waals surface area contributed by atoms with Crippen molar-refractivity contribution in [1.29, 1.82) is 0 Å². The molecule has 0 heterocycles. The van der Waals surface area contributed by atoms with Crippen molar-refractivity contribution in [2.24, 2.45) is 0 Å². The third-order valence-corrected chi connectivity index (χ3v) is 4.25. The average molecular weight is 307 g/mol. The van der Waals surface area contributed by atoms with Crippen molar-refractivity contribution >= 4 is 11.7 Å².